The van der Waals surface area contributed by atoms with Gasteiger partial charge >= 0.3 is 0 Å². The van der Waals surface area contributed by atoms with Crippen LogP contribution in [0.1, 0.15) is 25.0 Å². The van der Waals surface area contributed by atoms with E-state index < -0.39 is 0 Å². The molecule has 1 aliphatic rings. The molecule has 1 aromatic heterocycles. The Hall–Kier alpha value is -6.70. The summed E-state index contributed by atoms with van der Waals surface area (Å²) in [6, 6.07) is 65.7. The normalized spacial score (nSPS) is 13.5. The molecular weight excluding hydrogens is 651 g/mol. The summed E-state index contributed by atoms with van der Waals surface area (Å²) in [7, 11) is 0. The molecule has 252 valence electrons. The average Bonchev–Trinajstić information content (AvgIpc) is 3.68. The molecular formula is C53H35N. The molecule has 0 amide bonds. The fourth-order valence-electron chi connectivity index (χ4n) is 10.1. The first kappa shape index (κ1) is 29.8. The number of nitrogens with zero attached hydrogens (tertiary/aromatic N) is 1. The number of hydrogen-bond donors (Lipinski definition) is 0. The first-order valence-corrected chi connectivity index (χ1v) is 19.0. The van der Waals surface area contributed by atoms with Crippen LogP contribution in [-0.2, 0) is 5.41 Å². The van der Waals surface area contributed by atoms with Gasteiger partial charge in [-0.2, -0.15) is 0 Å². The van der Waals surface area contributed by atoms with Gasteiger partial charge in [0.2, 0.25) is 0 Å². The Kier molecular flexibility index (Phi) is 5.90. The van der Waals surface area contributed by atoms with E-state index in [9.17, 15) is 0 Å². The van der Waals surface area contributed by atoms with Crippen molar-refractivity contribution in [2.75, 3.05) is 0 Å². The second-order valence-electron chi connectivity index (χ2n) is 15.6. The highest BCUT2D eigenvalue weighted by Gasteiger charge is 2.37. The largest absolute Gasteiger partial charge is 0.309 e. The molecule has 0 saturated carbocycles. The third-order valence-corrected chi connectivity index (χ3v) is 12.5. The fourth-order valence-corrected chi connectivity index (χ4v) is 10.1. The molecule has 0 aliphatic heterocycles. The third-order valence-electron chi connectivity index (χ3n) is 12.5. The molecule has 1 heterocycles. The predicted molar refractivity (Wildman–Crippen MR) is 231 cm³/mol. The number of fused-ring (bicyclic) bond motifs is 17. The van der Waals surface area contributed by atoms with Crippen LogP contribution in [0.25, 0.3) is 104 Å². The fraction of sp³-hybridized carbons (Fsp3) is 0.0566. The average molecular weight is 686 g/mol. The van der Waals surface area contributed by atoms with Crippen LogP contribution in [-0.4, -0.2) is 4.57 Å². The van der Waals surface area contributed by atoms with Crippen molar-refractivity contribution >= 4 is 75.7 Å². The van der Waals surface area contributed by atoms with Crippen molar-refractivity contribution in [2.45, 2.75) is 19.3 Å². The van der Waals surface area contributed by atoms with E-state index in [1.165, 1.54) is 115 Å². The van der Waals surface area contributed by atoms with Gasteiger partial charge in [0.25, 0.3) is 0 Å². The van der Waals surface area contributed by atoms with Crippen LogP contribution in [0, 0.1) is 0 Å². The van der Waals surface area contributed by atoms with E-state index >= 15 is 0 Å². The molecule has 0 saturated heterocycles. The van der Waals surface area contributed by atoms with Crippen LogP contribution in [0.4, 0.5) is 0 Å². The molecule has 11 aromatic rings. The van der Waals surface area contributed by atoms with Crippen LogP contribution < -0.4 is 0 Å². The summed E-state index contributed by atoms with van der Waals surface area (Å²) in [6.45, 7) is 4.83. The highest BCUT2D eigenvalue weighted by atomic mass is 15.0. The van der Waals surface area contributed by atoms with E-state index in [0.717, 1.165) is 0 Å². The van der Waals surface area contributed by atoms with Gasteiger partial charge < -0.3 is 4.57 Å². The number of rotatable bonds is 2. The second kappa shape index (κ2) is 10.7. The van der Waals surface area contributed by atoms with Crippen LogP contribution in [0.5, 0.6) is 0 Å². The highest BCUT2D eigenvalue weighted by molar-refractivity contribution is 6.42. The Morgan fingerprint density at radius 3 is 1.65 bits per heavy atom. The summed E-state index contributed by atoms with van der Waals surface area (Å²) >= 11 is 0. The van der Waals surface area contributed by atoms with E-state index in [2.05, 4.69) is 194 Å². The van der Waals surface area contributed by atoms with Gasteiger partial charge in [-0.1, -0.05) is 159 Å². The lowest BCUT2D eigenvalue weighted by atomic mass is 9.81. The zero-order valence-electron chi connectivity index (χ0n) is 30.2. The van der Waals surface area contributed by atoms with Crippen molar-refractivity contribution < 1.29 is 0 Å². The van der Waals surface area contributed by atoms with Crippen molar-refractivity contribution in [1.29, 1.82) is 0 Å². The van der Waals surface area contributed by atoms with Gasteiger partial charge in [0, 0.05) is 32.6 Å². The lowest BCUT2D eigenvalue weighted by molar-refractivity contribution is 0.661. The monoisotopic (exact) mass is 685 g/mol. The van der Waals surface area contributed by atoms with Crippen molar-refractivity contribution in [2.24, 2.45) is 0 Å². The van der Waals surface area contributed by atoms with E-state index in [-0.39, 0.29) is 5.41 Å². The maximum absolute atomic E-state index is 2.57. The molecule has 0 spiro atoms. The minimum absolute atomic E-state index is 0.190. The van der Waals surface area contributed by atoms with Gasteiger partial charge in [-0.05, 0) is 107 Å². The molecule has 1 heteroatoms. The Morgan fingerprint density at radius 2 is 0.926 bits per heavy atom. The van der Waals surface area contributed by atoms with Crippen molar-refractivity contribution in [1.82, 2.24) is 4.57 Å². The smallest absolute Gasteiger partial charge is 0.0632 e. The first-order chi connectivity index (χ1) is 26.6. The van der Waals surface area contributed by atoms with Gasteiger partial charge in [0.05, 0.1) is 11.0 Å². The molecule has 0 unspecified atom stereocenters. The third kappa shape index (κ3) is 3.83. The number of benzene rings is 10. The standard InChI is InChI=1S/C53H35N/c1-53(2)46-29-33(36-26-14-16-32-15-6-7-19-35(32)36)27-28-39(46)44-30-45-48(31-47(44)53)54(34-17-4-3-5-18-34)52-50(45)43-25-13-12-24-42(43)49-40-22-10-8-20-37(40)38-21-9-11-23-41(38)51(49)52/h3-31H,1-2H3. The zero-order chi connectivity index (χ0) is 35.7. The summed E-state index contributed by atoms with van der Waals surface area (Å²) in [5.74, 6) is 0. The van der Waals surface area contributed by atoms with Gasteiger partial charge in [0.1, 0.15) is 0 Å². The summed E-state index contributed by atoms with van der Waals surface area (Å²) in [4.78, 5) is 0. The SMILES string of the molecule is CC1(C)c2cc(-c3cccc4ccccc34)ccc2-c2cc3c4c5ccccc5c5c6ccccc6c6ccccc6c5c4n(-c4ccccc4)c3cc21. The summed E-state index contributed by atoms with van der Waals surface area (Å²) in [5, 5.41) is 15.6. The van der Waals surface area contributed by atoms with E-state index in [1.54, 1.807) is 0 Å². The Morgan fingerprint density at radius 1 is 0.370 bits per heavy atom. The van der Waals surface area contributed by atoms with Crippen LogP contribution in [0.2, 0.25) is 0 Å². The van der Waals surface area contributed by atoms with Gasteiger partial charge in [-0.25, -0.2) is 0 Å². The van der Waals surface area contributed by atoms with Crippen LogP contribution in [0.3, 0.4) is 0 Å². The quantitative estimate of drug-likeness (QED) is 0.160. The molecule has 12 rings (SSSR count). The molecule has 0 atom stereocenters. The maximum Gasteiger partial charge on any atom is 0.0632 e. The molecule has 10 aromatic carbocycles. The summed E-state index contributed by atoms with van der Waals surface area (Å²) in [6.07, 6.45) is 0. The lowest BCUT2D eigenvalue weighted by Gasteiger charge is -2.22. The minimum atomic E-state index is -0.190. The second-order valence-corrected chi connectivity index (χ2v) is 15.6. The predicted octanol–water partition coefficient (Wildman–Crippen LogP) is 14.5. The van der Waals surface area contributed by atoms with E-state index in [1.807, 2.05) is 0 Å². The van der Waals surface area contributed by atoms with Crippen molar-refractivity contribution in [3.63, 3.8) is 0 Å². The van der Waals surface area contributed by atoms with Gasteiger partial charge in [0.15, 0.2) is 0 Å². The lowest BCUT2D eigenvalue weighted by Crippen LogP contribution is -2.15. The van der Waals surface area contributed by atoms with Crippen LogP contribution >= 0.6 is 0 Å². The number of aromatic nitrogens is 1. The zero-order valence-corrected chi connectivity index (χ0v) is 30.2. The summed E-state index contributed by atoms with van der Waals surface area (Å²) in [5.41, 5.74) is 11.5. The van der Waals surface area contributed by atoms with Crippen molar-refractivity contribution in [3.05, 3.63) is 187 Å². The molecule has 1 aliphatic carbocycles. The maximum atomic E-state index is 2.57. The van der Waals surface area contributed by atoms with Gasteiger partial charge in [-0.3, -0.25) is 0 Å². The Labute approximate surface area is 313 Å². The van der Waals surface area contributed by atoms with Crippen LogP contribution in [0.15, 0.2) is 176 Å². The van der Waals surface area contributed by atoms with Gasteiger partial charge in [-0.15, -0.1) is 0 Å². The molecule has 0 fully saturated rings. The topological polar surface area (TPSA) is 4.93 Å². The Balaban J connectivity index is 1.25. The molecule has 0 bridgehead atoms. The highest BCUT2D eigenvalue weighted by Crippen LogP contribution is 2.54. The van der Waals surface area contributed by atoms with Crippen molar-refractivity contribution in [3.8, 4) is 27.9 Å². The Bertz CT molecular complexity index is 3390. The molecule has 1 nitrogen and oxygen atoms in total. The molecule has 0 radical (unpaired) electrons. The summed E-state index contributed by atoms with van der Waals surface area (Å²) < 4.78 is 2.57. The molecule has 54 heavy (non-hydrogen) atoms. The minimum Gasteiger partial charge on any atom is -0.309 e. The number of hydrogen-bond acceptors (Lipinski definition) is 0. The first-order valence-electron chi connectivity index (χ1n) is 19.0. The van der Waals surface area contributed by atoms with E-state index in [0.29, 0.717) is 0 Å². The van der Waals surface area contributed by atoms with E-state index in [4.69, 9.17) is 0 Å². The number of para-hydroxylation sites is 1. The molecule has 0 N–H and O–H groups in total.